The van der Waals surface area contributed by atoms with Crippen molar-refractivity contribution in [2.75, 3.05) is 13.7 Å². The number of hydrogen-bond acceptors (Lipinski definition) is 6. The molecule has 218 valence electrons. The molecule has 0 atom stereocenters. The Morgan fingerprint density at radius 2 is 1.48 bits per heavy atom. The standard InChI is InChI=1S/C31H42BrN3O5/c1-3-4-5-6-7-8-9-10-11-12-13-14-29(36)33-23-30(37)35-34-22-25-21-26(32)17-20-28(25)40-31(38)24-15-18-27(39-2)19-16-24/h15-22H,3-14,23H2,1-2H3,(H,33,36)(H,35,37)/b34-22+. The summed E-state index contributed by atoms with van der Waals surface area (Å²) in [7, 11) is 1.55. The van der Waals surface area contributed by atoms with Gasteiger partial charge in [-0.15, -0.1) is 0 Å². The lowest BCUT2D eigenvalue weighted by Crippen LogP contribution is -2.34. The first-order valence-electron chi connectivity index (χ1n) is 14.2. The minimum absolute atomic E-state index is 0.144. The number of amides is 2. The normalized spacial score (nSPS) is 10.9. The molecule has 9 heteroatoms. The molecule has 0 aliphatic heterocycles. The summed E-state index contributed by atoms with van der Waals surface area (Å²) in [4.78, 5) is 36.7. The SMILES string of the molecule is CCCCCCCCCCCCCC(=O)NCC(=O)N/N=C/c1cc(Br)ccc1OC(=O)c1ccc(OC)cc1. The molecule has 0 saturated heterocycles. The van der Waals surface area contributed by atoms with Crippen molar-refractivity contribution in [3.63, 3.8) is 0 Å². The topological polar surface area (TPSA) is 106 Å². The lowest BCUT2D eigenvalue weighted by Gasteiger charge is -2.09. The largest absolute Gasteiger partial charge is 0.497 e. The summed E-state index contributed by atoms with van der Waals surface area (Å²) in [6, 6.07) is 11.6. The molecular weight excluding hydrogens is 574 g/mol. The second-order valence-corrected chi connectivity index (χ2v) is 10.6. The first-order valence-corrected chi connectivity index (χ1v) is 15.0. The van der Waals surface area contributed by atoms with Gasteiger partial charge in [-0.2, -0.15) is 5.10 Å². The number of carbonyl (C=O) groups is 3. The molecule has 40 heavy (non-hydrogen) atoms. The average molecular weight is 617 g/mol. The Morgan fingerprint density at radius 3 is 2.10 bits per heavy atom. The van der Waals surface area contributed by atoms with Crippen LogP contribution in [0, 0.1) is 0 Å². The van der Waals surface area contributed by atoms with Crippen molar-refractivity contribution >= 4 is 39.9 Å². The van der Waals surface area contributed by atoms with E-state index in [4.69, 9.17) is 9.47 Å². The number of hydrazone groups is 1. The molecule has 0 unspecified atom stereocenters. The number of methoxy groups -OCH3 is 1. The van der Waals surface area contributed by atoms with Crippen molar-refractivity contribution in [1.82, 2.24) is 10.7 Å². The Balaban J connectivity index is 1.66. The highest BCUT2D eigenvalue weighted by atomic mass is 79.9. The van der Waals surface area contributed by atoms with Crippen LogP contribution in [0.25, 0.3) is 0 Å². The van der Waals surface area contributed by atoms with E-state index in [2.05, 4.69) is 38.7 Å². The van der Waals surface area contributed by atoms with E-state index in [-0.39, 0.29) is 18.2 Å². The number of hydrogen-bond donors (Lipinski definition) is 2. The molecular formula is C31H42BrN3O5. The summed E-state index contributed by atoms with van der Waals surface area (Å²) >= 11 is 3.39. The fourth-order valence-electron chi connectivity index (χ4n) is 4.03. The number of carbonyl (C=O) groups excluding carboxylic acids is 3. The molecule has 0 saturated carbocycles. The smallest absolute Gasteiger partial charge is 0.343 e. The summed E-state index contributed by atoms with van der Waals surface area (Å²) in [5.74, 6) is -0.217. The van der Waals surface area contributed by atoms with Gasteiger partial charge in [-0.1, -0.05) is 87.1 Å². The molecule has 0 heterocycles. The van der Waals surface area contributed by atoms with Crippen LogP contribution in [-0.2, 0) is 9.59 Å². The van der Waals surface area contributed by atoms with Gasteiger partial charge in [0.1, 0.15) is 11.5 Å². The number of nitrogens with zero attached hydrogens (tertiary/aromatic N) is 1. The first kappa shape index (κ1) is 33.0. The van der Waals surface area contributed by atoms with Crippen LogP contribution in [0.1, 0.15) is 99.9 Å². The lowest BCUT2D eigenvalue weighted by atomic mass is 10.1. The second-order valence-electron chi connectivity index (χ2n) is 9.66. The zero-order chi connectivity index (χ0) is 29.0. The van der Waals surface area contributed by atoms with Crippen molar-refractivity contribution in [2.45, 2.75) is 84.0 Å². The van der Waals surface area contributed by atoms with Crippen LogP contribution in [0.2, 0.25) is 0 Å². The van der Waals surface area contributed by atoms with Gasteiger partial charge >= 0.3 is 5.97 Å². The summed E-state index contributed by atoms with van der Waals surface area (Å²) < 4.78 is 11.4. The number of benzene rings is 2. The van der Waals surface area contributed by atoms with Crippen molar-refractivity contribution < 1.29 is 23.9 Å². The summed E-state index contributed by atoms with van der Waals surface area (Å²) in [5.41, 5.74) is 3.24. The van der Waals surface area contributed by atoms with E-state index in [9.17, 15) is 14.4 Å². The molecule has 2 N–H and O–H groups in total. The fraction of sp³-hybridized carbons (Fsp3) is 0.484. The van der Waals surface area contributed by atoms with Crippen LogP contribution >= 0.6 is 15.9 Å². The zero-order valence-corrected chi connectivity index (χ0v) is 25.3. The Hall–Kier alpha value is -3.20. The molecule has 0 bridgehead atoms. The highest BCUT2D eigenvalue weighted by molar-refractivity contribution is 9.10. The number of unbranched alkanes of at least 4 members (excludes halogenated alkanes) is 10. The quantitative estimate of drug-likeness (QED) is 0.0585. The minimum Gasteiger partial charge on any atom is -0.497 e. The third kappa shape index (κ3) is 13.7. The molecule has 0 aliphatic carbocycles. The highest BCUT2D eigenvalue weighted by Gasteiger charge is 2.12. The summed E-state index contributed by atoms with van der Waals surface area (Å²) in [6.07, 6.45) is 15.2. The van der Waals surface area contributed by atoms with Crippen LogP contribution < -0.4 is 20.2 Å². The number of ether oxygens (including phenoxy) is 2. The van der Waals surface area contributed by atoms with Crippen LogP contribution in [0.3, 0.4) is 0 Å². The van der Waals surface area contributed by atoms with Crippen LogP contribution in [0.5, 0.6) is 11.5 Å². The fourth-order valence-corrected chi connectivity index (χ4v) is 4.41. The molecule has 2 rings (SSSR count). The molecule has 0 radical (unpaired) electrons. The van der Waals surface area contributed by atoms with E-state index in [0.717, 1.165) is 23.7 Å². The predicted octanol–water partition coefficient (Wildman–Crippen LogP) is 6.94. The van der Waals surface area contributed by atoms with Gasteiger partial charge in [-0.3, -0.25) is 9.59 Å². The van der Waals surface area contributed by atoms with E-state index in [1.165, 1.54) is 57.6 Å². The Bertz CT molecular complexity index is 1090. The Morgan fingerprint density at radius 1 is 0.850 bits per heavy atom. The molecule has 0 aromatic heterocycles. The lowest BCUT2D eigenvalue weighted by molar-refractivity contribution is -0.126. The molecule has 0 fully saturated rings. The third-order valence-electron chi connectivity index (χ3n) is 6.35. The molecule has 0 aliphatic rings. The first-order chi connectivity index (χ1) is 19.4. The van der Waals surface area contributed by atoms with Crippen molar-refractivity contribution in [3.05, 3.63) is 58.1 Å². The molecule has 2 amide bonds. The van der Waals surface area contributed by atoms with Crippen LogP contribution in [0.4, 0.5) is 0 Å². The Kier molecular flexibility index (Phi) is 16.3. The molecule has 2 aromatic rings. The number of nitrogens with one attached hydrogen (secondary N) is 2. The zero-order valence-electron chi connectivity index (χ0n) is 23.7. The molecule has 8 nitrogen and oxygen atoms in total. The van der Waals surface area contributed by atoms with Crippen molar-refractivity contribution in [1.29, 1.82) is 0 Å². The van der Waals surface area contributed by atoms with E-state index in [1.807, 2.05) is 0 Å². The molecule has 2 aromatic carbocycles. The molecule has 0 spiro atoms. The number of esters is 1. The van der Waals surface area contributed by atoms with E-state index < -0.39 is 11.9 Å². The van der Waals surface area contributed by atoms with Crippen molar-refractivity contribution in [3.8, 4) is 11.5 Å². The van der Waals surface area contributed by atoms with Gasteiger partial charge in [-0.25, -0.2) is 10.2 Å². The van der Waals surface area contributed by atoms with Gasteiger partial charge in [0, 0.05) is 16.5 Å². The Labute approximate surface area is 246 Å². The van der Waals surface area contributed by atoms with Gasteiger partial charge in [-0.05, 0) is 48.9 Å². The third-order valence-corrected chi connectivity index (χ3v) is 6.84. The summed E-state index contributed by atoms with van der Waals surface area (Å²) in [6.45, 7) is 2.08. The maximum Gasteiger partial charge on any atom is 0.343 e. The minimum atomic E-state index is -0.538. The van der Waals surface area contributed by atoms with E-state index in [1.54, 1.807) is 49.6 Å². The predicted molar refractivity (Wildman–Crippen MR) is 162 cm³/mol. The van der Waals surface area contributed by atoms with Gasteiger partial charge in [0.2, 0.25) is 5.91 Å². The van der Waals surface area contributed by atoms with Gasteiger partial charge in [0.05, 0.1) is 25.4 Å². The average Bonchev–Trinajstić information content (AvgIpc) is 2.96. The summed E-state index contributed by atoms with van der Waals surface area (Å²) in [5, 5.41) is 6.58. The monoisotopic (exact) mass is 615 g/mol. The second kappa shape index (κ2) is 19.8. The number of rotatable bonds is 19. The maximum absolute atomic E-state index is 12.5. The van der Waals surface area contributed by atoms with Gasteiger partial charge in [0.15, 0.2) is 0 Å². The van der Waals surface area contributed by atoms with Gasteiger partial charge < -0.3 is 14.8 Å². The van der Waals surface area contributed by atoms with Crippen molar-refractivity contribution in [2.24, 2.45) is 5.10 Å². The number of halogens is 1. The van der Waals surface area contributed by atoms with Crippen LogP contribution in [-0.4, -0.2) is 37.7 Å². The van der Waals surface area contributed by atoms with Gasteiger partial charge in [0.25, 0.3) is 5.91 Å². The van der Waals surface area contributed by atoms with E-state index in [0.29, 0.717) is 23.3 Å². The highest BCUT2D eigenvalue weighted by Crippen LogP contribution is 2.23. The maximum atomic E-state index is 12.5. The van der Waals surface area contributed by atoms with E-state index >= 15 is 0 Å². The van der Waals surface area contributed by atoms with Crippen LogP contribution in [0.15, 0.2) is 52.0 Å².